The average Bonchev–Trinajstić information content (AvgIpc) is 3.41. The summed E-state index contributed by atoms with van der Waals surface area (Å²) in [7, 11) is 1.59. The standard InChI is InChI=1S/C23H25N5O2/c1-14(17-12-9-15-5-3-6-18(15)13-17)22(30-24)21-19(16-10-11-16)7-4-8-20(21)28-23(29)27(2)25-26-28/h4,7-9,12-13,16H,3,5-6,10-11,24H2,1-2H3/b22-14+. The molecule has 30 heavy (non-hydrogen) atoms. The molecule has 0 bridgehead atoms. The third kappa shape index (κ3) is 3.06. The van der Waals surface area contributed by atoms with E-state index in [0.717, 1.165) is 47.9 Å². The molecule has 0 unspecified atom stereocenters. The number of aryl methyl sites for hydroxylation is 3. The first kappa shape index (κ1) is 18.8. The monoisotopic (exact) mass is 403 g/mol. The highest BCUT2D eigenvalue weighted by Crippen LogP contribution is 2.45. The lowest BCUT2D eigenvalue weighted by Crippen LogP contribution is -2.23. The van der Waals surface area contributed by atoms with E-state index < -0.39 is 0 Å². The van der Waals surface area contributed by atoms with Gasteiger partial charge in [-0.05, 0) is 83.7 Å². The van der Waals surface area contributed by atoms with Crippen LogP contribution >= 0.6 is 0 Å². The van der Waals surface area contributed by atoms with Gasteiger partial charge in [0.05, 0.1) is 5.69 Å². The van der Waals surface area contributed by atoms with Crippen molar-refractivity contribution in [1.29, 1.82) is 0 Å². The van der Waals surface area contributed by atoms with Crippen LogP contribution in [0.1, 0.15) is 59.9 Å². The van der Waals surface area contributed by atoms with Crippen LogP contribution in [0.25, 0.3) is 17.0 Å². The minimum Gasteiger partial charge on any atom is -0.410 e. The van der Waals surface area contributed by atoms with Crippen molar-refractivity contribution in [3.8, 4) is 5.69 Å². The molecular formula is C23H25N5O2. The van der Waals surface area contributed by atoms with Gasteiger partial charge in [-0.25, -0.2) is 4.79 Å². The van der Waals surface area contributed by atoms with Crippen LogP contribution in [0.3, 0.4) is 0 Å². The van der Waals surface area contributed by atoms with Crippen LogP contribution in [0.4, 0.5) is 0 Å². The Bertz CT molecular complexity index is 1220. The van der Waals surface area contributed by atoms with Gasteiger partial charge in [0.2, 0.25) is 0 Å². The minimum atomic E-state index is -0.309. The van der Waals surface area contributed by atoms with Crippen molar-refractivity contribution in [2.45, 2.75) is 44.9 Å². The molecular weight excluding hydrogens is 378 g/mol. The van der Waals surface area contributed by atoms with Crippen molar-refractivity contribution >= 4 is 11.3 Å². The van der Waals surface area contributed by atoms with E-state index >= 15 is 0 Å². The van der Waals surface area contributed by atoms with E-state index in [4.69, 9.17) is 10.7 Å². The lowest BCUT2D eigenvalue weighted by Gasteiger charge is -2.18. The summed E-state index contributed by atoms with van der Waals surface area (Å²) in [4.78, 5) is 18.1. The zero-order valence-electron chi connectivity index (χ0n) is 17.3. The summed E-state index contributed by atoms with van der Waals surface area (Å²) >= 11 is 0. The Balaban J connectivity index is 1.74. The van der Waals surface area contributed by atoms with E-state index in [1.54, 1.807) is 7.05 Å². The molecule has 154 valence electrons. The number of nitrogens with zero attached hydrogens (tertiary/aromatic N) is 4. The molecule has 3 aromatic rings. The summed E-state index contributed by atoms with van der Waals surface area (Å²) in [5.74, 6) is 6.86. The highest BCUT2D eigenvalue weighted by Gasteiger charge is 2.31. The molecule has 1 fully saturated rings. The minimum absolute atomic E-state index is 0.309. The number of fused-ring (bicyclic) bond motifs is 1. The molecule has 0 radical (unpaired) electrons. The highest BCUT2D eigenvalue weighted by molar-refractivity contribution is 5.90. The topological polar surface area (TPSA) is 88.0 Å². The number of hydrogen-bond acceptors (Lipinski definition) is 5. The average molecular weight is 403 g/mol. The maximum Gasteiger partial charge on any atom is 0.368 e. The largest absolute Gasteiger partial charge is 0.410 e. The van der Waals surface area contributed by atoms with Gasteiger partial charge in [0.25, 0.3) is 0 Å². The predicted octanol–water partition coefficient (Wildman–Crippen LogP) is 3.11. The number of hydrogen-bond donors (Lipinski definition) is 1. The van der Waals surface area contributed by atoms with Crippen LogP contribution in [0.15, 0.2) is 41.2 Å². The Labute approximate surface area is 174 Å². The molecule has 1 aromatic heterocycles. The third-order valence-corrected chi connectivity index (χ3v) is 6.26. The first-order valence-electron chi connectivity index (χ1n) is 10.4. The fourth-order valence-electron chi connectivity index (χ4n) is 4.45. The number of allylic oxidation sites excluding steroid dienone is 1. The molecule has 7 nitrogen and oxygen atoms in total. The van der Waals surface area contributed by atoms with Gasteiger partial charge in [-0.1, -0.05) is 30.3 Å². The SMILES string of the molecule is C/C(=C(\ON)c1c(C2CC2)cccc1-n1nnn(C)c1=O)c1ccc2c(c1)CCC2. The quantitative estimate of drug-likeness (QED) is 0.402. The van der Waals surface area contributed by atoms with Gasteiger partial charge in [0, 0.05) is 18.2 Å². The summed E-state index contributed by atoms with van der Waals surface area (Å²) < 4.78 is 2.53. The van der Waals surface area contributed by atoms with E-state index in [1.165, 1.54) is 26.9 Å². The molecule has 7 heteroatoms. The van der Waals surface area contributed by atoms with Crippen molar-refractivity contribution in [1.82, 2.24) is 19.8 Å². The Kier molecular flexibility index (Phi) is 4.55. The lowest BCUT2D eigenvalue weighted by atomic mass is 9.94. The van der Waals surface area contributed by atoms with Crippen LogP contribution in [0.2, 0.25) is 0 Å². The fourth-order valence-corrected chi connectivity index (χ4v) is 4.45. The van der Waals surface area contributed by atoms with Gasteiger partial charge in [0.15, 0.2) is 5.76 Å². The molecule has 0 aliphatic heterocycles. The van der Waals surface area contributed by atoms with Gasteiger partial charge in [-0.15, -0.1) is 0 Å². The van der Waals surface area contributed by atoms with Gasteiger partial charge < -0.3 is 4.84 Å². The molecule has 2 aliphatic carbocycles. The van der Waals surface area contributed by atoms with Crippen LogP contribution in [0, 0.1) is 0 Å². The van der Waals surface area contributed by atoms with Crippen LogP contribution in [0.5, 0.6) is 0 Å². The molecule has 0 saturated heterocycles. The van der Waals surface area contributed by atoms with Crippen molar-refractivity contribution in [2.24, 2.45) is 12.9 Å². The molecule has 1 saturated carbocycles. The van der Waals surface area contributed by atoms with Crippen LogP contribution < -0.4 is 11.6 Å². The number of aromatic nitrogens is 4. The van der Waals surface area contributed by atoms with Gasteiger partial charge >= 0.3 is 5.69 Å². The maximum absolute atomic E-state index is 12.6. The third-order valence-electron chi connectivity index (χ3n) is 6.26. The molecule has 5 rings (SSSR count). The zero-order chi connectivity index (χ0) is 20.8. The molecule has 0 amide bonds. The first-order valence-corrected chi connectivity index (χ1v) is 10.4. The van der Waals surface area contributed by atoms with Gasteiger partial charge in [0.1, 0.15) is 0 Å². The number of rotatable bonds is 5. The molecule has 2 aromatic carbocycles. The van der Waals surface area contributed by atoms with E-state index in [2.05, 4.69) is 34.7 Å². The maximum atomic E-state index is 12.6. The second kappa shape index (κ2) is 7.25. The second-order valence-corrected chi connectivity index (χ2v) is 8.22. The number of tetrazole rings is 1. The number of nitrogens with two attached hydrogens (primary N) is 1. The molecule has 0 atom stereocenters. The molecule has 2 N–H and O–H groups in total. The summed E-state index contributed by atoms with van der Waals surface area (Å²) in [6.45, 7) is 2.02. The van der Waals surface area contributed by atoms with Crippen LogP contribution in [-0.2, 0) is 24.7 Å². The van der Waals surface area contributed by atoms with Gasteiger partial charge in [-0.3, -0.25) is 0 Å². The van der Waals surface area contributed by atoms with E-state index in [-0.39, 0.29) is 5.69 Å². The second-order valence-electron chi connectivity index (χ2n) is 8.22. The molecule has 1 heterocycles. The van der Waals surface area contributed by atoms with Crippen molar-refractivity contribution in [3.05, 3.63) is 74.7 Å². The van der Waals surface area contributed by atoms with Gasteiger partial charge in [-0.2, -0.15) is 15.3 Å². The first-order chi connectivity index (χ1) is 14.6. The Hall–Kier alpha value is -3.19. The smallest absolute Gasteiger partial charge is 0.368 e. The van der Waals surface area contributed by atoms with E-state index in [9.17, 15) is 4.79 Å². The zero-order valence-corrected chi connectivity index (χ0v) is 17.3. The predicted molar refractivity (Wildman–Crippen MR) is 115 cm³/mol. The van der Waals surface area contributed by atoms with Crippen molar-refractivity contribution in [2.75, 3.05) is 0 Å². The summed E-state index contributed by atoms with van der Waals surface area (Å²) in [5.41, 5.74) is 7.12. The molecule has 0 spiro atoms. The Morgan fingerprint density at radius 2 is 1.93 bits per heavy atom. The highest BCUT2D eigenvalue weighted by atomic mass is 16.6. The summed E-state index contributed by atoms with van der Waals surface area (Å²) in [6, 6.07) is 12.5. The normalized spacial score (nSPS) is 16.4. The van der Waals surface area contributed by atoms with E-state index in [1.807, 2.05) is 19.1 Å². The van der Waals surface area contributed by atoms with Crippen molar-refractivity contribution in [3.63, 3.8) is 0 Å². The van der Waals surface area contributed by atoms with E-state index in [0.29, 0.717) is 17.4 Å². The Morgan fingerprint density at radius 3 is 2.63 bits per heavy atom. The number of benzene rings is 2. The summed E-state index contributed by atoms with van der Waals surface area (Å²) in [5, 5.41) is 7.94. The van der Waals surface area contributed by atoms with Crippen LogP contribution in [-0.4, -0.2) is 19.8 Å². The Morgan fingerprint density at radius 1 is 1.13 bits per heavy atom. The molecule has 2 aliphatic rings. The summed E-state index contributed by atoms with van der Waals surface area (Å²) in [6.07, 6.45) is 5.67. The lowest BCUT2D eigenvalue weighted by molar-refractivity contribution is 0.291. The fraction of sp³-hybridized carbons (Fsp3) is 0.348. The van der Waals surface area contributed by atoms with Crippen molar-refractivity contribution < 1.29 is 4.84 Å².